The summed E-state index contributed by atoms with van der Waals surface area (Å²) in [6.07, 6.45) is 6.10. The molecule has 0 aromatic carbocycles. The minimum Gasteiger partial charge on any atom is -0.342 e. The number of hydrogen-bond acceptors (Lipinski definition) is 2. The van der Waals surface area contributed by atoms with Crippen molar-refractivity contribution in [2.24, 2.45) is 17.8 Å². The van der Waals surface area contributed by atoms with E-state index in [9.17, 15) is 4.79 Å². The number of piperidine rings is 1. The molecule has 2 atom stereocenters. The van der Waals surface area contributed by atoms with Crippen molar-refractivity contribution in [3.8, 4) is 0 Å². The lowest BCUT2D eigenvalue weighted by molar-refractivity contribution is -0.134. The zero-order chi connectivity index (χ0) is 13.4. The van der Waals surface area contributed by atoms with E-state index >= 15 is 0 Å². The second kappa shape index (κ2) is 5.43. The Morgan fingerprint density at radius 2 is 1.68 bits per heavy atom. The second-order valence-electron chi connectivity index (χ2n) is 7.12. The molecule has 1 amide bonds. The van der Waals surface area contributed by atoms with Crippen LogP contribution in [0, 0.1) is 17.8 Å². The van der Waals surface area contributed by atoms with Crippen molar-refractivity contribution in [3.63, 3.8) is 0 Å². The van der Waals surface area contributed by atoms with Gasteiger partial charge in [-0.2, -0.15) is 0 Å². The zero-order valence-corrected chi connectivity index (χ0v) is 12.5. The highest BCUT2D eigenvalue weighted by Gasteiger charge is 2.40. The maximum absolute atomic E-state index is 12.5. The van der Waals surface area contributed by atoms with Gasteiger partial charge in [-0.25, -0.2) is 0 Å². The average Bonchev–Trinajstić information content (AvgIpc) is 3.06. The number of nitrogens with zero attached hydrogens (tertiary/aromatic N) is 2. The molecule has 3 heteroatoms. The molecule has 3 fully saturated rings. The van der Waals surface area contributed by atoms with Crippen molar-refractivity contribution in [3.05, 3.63) is 0 Å². The SMILES string of the molecule is CC(C)N1CC[C@H]2CN(C(=O)C3CCCC3)C[C@H]2C1. The monoisotopic (exact) mass is 264 g/mol. The van der Waals surface area contributed by atoms with Gasteiger partial charge in [-0.3, -0.25) is 4.79 Å². The summed E-state index contributed by atoms with van der Waals surface area (Å²) >= 11 is 0. The van der Waals surface area contributed by atoms with E-state index in [0.717, 1.165) is 37.8 Å². The highest BCUT2D eigenvalue weighted by atomic mass is 16.2. The molecular weight excluding hydrogens is 236 g/mol. The van der Waals surface area contributed by atoms with Crippen molar-refractivity contribution in [2.45, 2.75) is 52.0 Å². The summed E-state index contributed by atoms with van der Waals surface area (Å²) in [7, 11) is 0. The van der Waals surface area contributed by atoms with Crippen LogP contribution in [0.4, 0.5) is 0 Å². The maximum Gasteiger partial charge on any atom is 0.225 e. The molecule has 0 aromatic rings. The predicted octanol–water partition coefficient (Wildman–Crippen LogP) is 2.37. The molecule has 3 nitrogen and oxygen atoms in total. The van der Waals surface area contributed by atoms with Gasteiger partial charge in [0.1, 0.15) is 0 Å². The first-order valence-electron chi connectivity index (χ1n) is 8.18. The maximum atomic E-state index is 12.5. The van der Waals surface area contributed by atoms with Gasteiger partial charge in [0.15, 0.2) is 0 Å². The molecule has 2 saturated heterocycles. The molecule has 0 N–H and O–H groups in total. The molecule has 19 heavy (non-hydrogen) atoms. The first-order chi connectivity index (χ1) is 9.15. The molecule has 3 aliphatic rings. The van der Waals surface area contributed by atoms with E-state index in [-0.39, 0.29) is 0 Å². The number of carbonyl (C=O) groups is 1. The summed E-state index contributed by atoms with van der Waals surface area (Å²) in [5.41, 5.74) is 0. The standard InChI is InChI=1S/C16H28N2O/c1-12(2)17-8-7-14-9-18(11-15(14)10-17)16(19)13-5-3-4-6-13/h12-15H,3-11H2,1-2H3/t14-,15+/m0/s1. The fourth-order valence-corrected chi connectivity index (χ4v) is 4.28. The Balaban J connectivity index is 1.58. The molecule has 1 aliphatic carbocycles. The predicted molar refractivity (Wildman–Crippen MR) is 76.8 cm³/mol. The number of rotatable bonds is 2. The molecule has 0 radical (unpaired) electrons. The van der Waals surface area contributed by atoms with Crippen LogP contribution in [-0.2, 0) is 4.79 Å². The third-order valence-electron chi connectivity index (χ3n) is 5.58. The Labute approximate surface area is 117 Å². The average molecular weight is 264 g/mol. The summed E-state index contributed by atoms with van der Waals surface area (Å²) < 4.78 is 0. The number of amides is 1. The van der Waals surface area contributed by atoms with Crippen molar-refractivity contribution >= 4 is 5.91 Å². The summed E-state index contributed by atoms with van der Waals surface area (Å²) in [6.45, 7) is 9.09. The number of fused-ring (bicyclic) bond motifs is 1. The van der Waals surface area contributed by atoms with E-state index in [0.29, 0.717) is 17.9 Å². The van der Waals surface area contributed by atoms with E-state index in [1.807, 2.05) is 0 Å². The van der Waals surface area contributed by atoms with Crippen molar-refractivity contribution in [2.75, 3.05) is 26.2 Å². The Bertz CT molecular complexity index is 336. The van der Waals surface area contributed by atoms with Crippen LogP contribution >= 0.6 is 0 Å². The van der Waals surface area contributed by atoms with Crippen molar-refractivity contribution < 1.29 is 4.79 Å². The first-order valence-corrected chi connectivity index (χ1v) is 8.18. The van der Waals surface area contributed by atoms with Crippen LogP contribution < -0.4 is 0 Å². The number of hydrogen-bond donors (Lipinski definition) is 0. The van der Waals surface area contributed by atoms with Gasteiger partial charge in [0.25, 0.3) is 0 Å². The lowest BCUT2D eigenvalue weighted by Crippen LogP contribution is -2.43. The van der Waals surface area contributed by atoms with E-state index in [2.05, 4.69) is 23.6 Å². The third kappa shape index (κ3) is 2.67. The molecule has 0 unspecified atom stereocenters. The molecule has 3 rings (SSSR count). The minimum atomic E-state index is 0.362. The fourth-order valence-electron chi connectivity index (χ4n) is 4.28. The van der Waals surface area contributed by atoms with E-state index < -0.39 is 0 Å². The van der Waals surface area contributed by atoms with Gasteiger partial charge < -0.3 is 9.80 Å². The summed E-state index contributed by atoms with van der Waals surface area (Å²) in [6, 6.07) is 0.653. The Morgan fingerprint density at radius 3 is 2.37 bits per heavy atom. The van der Waals surface area contributed by atoms with Gasteiger partial charge in [-0.1, -0.05) is 12.8 Å². The van der Waals surface area contributed by atoms with Crippen LogP contribution in [0.3, 0.4) is 0 Å². The van der Waals surface area contributed by atoms with Gasteiger partial charge in [0.2, 0.25) is 5.91 Å². The third-order valence-corrected chi connectivity index (χ3v) is 5.58. The number of carbonyl (C=O) groups excluding carboxylic acids is 1. The highest BCUT2D eigenvalue weighted by molar-refractivity contribution is 5.79. The lowest BCUT2D eigenvalue weighted by atomic mass is 9.88. The molecule has 2 aliphatic heterocycles. The Morgan fingerprint density at radius 1 is 1.00 bits per heavy atom. The minimum absolute atomic E-state index is 0.362. The second-order valence-corrected chi connectivity index (χ2v) is 7.12. The van der Waals surface area contributed by atoms with Gasteiger partial charge in [0, 0.05) is 31.6 Å². The van der Waals surface area contributed by atoms with Crippen LogP contribution in [0.5, 0.6) is 0 Å². The largest absolute Gasteiger partial charge is 0.342 e. The van der Waals surface area contributed by atoms with Crippen molar-refractivity contribution in [1.29, 1.82) is 0 Å². The lowest BCUT2D eigenvalue weighted by Gasteiger charge is -2.36. The van der Waals surface area contributed by atoms with E-state index in [1.54, 1.807) is 0 Å². The summed E-state index contributed by atoms with van der Waals surface area (Å²) in [5, 5.41) is 0. The van der Waals surface area contributed by atoms with Crippen LogP contribution in [0.2, 0.25) is 0 Å². The molecule has 0 spiro atoms. The number of likely N-dealkylation sites (tertiary alicyclic amines) is 2. The van der Waals surface area contributed by atoms with Gasteiger partial charge >= 0.3 is 0 Å². The van der Waals surface area contributed by atoms with Gasteiger partial charge in [-0.05, 0) is 51.5 Å². The highest BCUT2D eigenvalue weighted by Crippen LogP contribution is 2.34. The first kappa shape index (κ1) is 13.4. The quantitative estimate of drug-likeness (QED) is 0.764. The summed E-state index contributed by atoms with van der Waals surface area (Å²) in [5.74, 6) is 2.35. The van der Waals surface area contributed by atoms with Gasteiger partial charge in [0.05, 0.1) is 0 Å². The molecule has 0 aromatic heterocycles. The zero-order valence-electron chi connectivity index (χ0n) is 12.5. The molecular formula is C16H28N2O. The van der Waals surface area contributed by atoms with Gasteiger partial charge in [-0.15, -0.1) is 0 Å². The van der Waals surface area contributed by atoms with Crippen molar-refractivity contribution in [1.82, 2.24) is 9.80 Å². The van der Waals surface area contributed by atoms with Crippen LogP contribution in [0.25, 0.3) is 0 Å². The summed E-state index contributed by atoms with van der Waals surface area (Å²) in [4.78, 5) is 17.3. The molecule has 0 bridgehead atoms. The fraction of sp³-hybridized carbons (Fsp3) is 0.938. The normalized spacial score (nSPS) is 33.1. The molecule has 2 heterocycles. The van der Waals surface area contributed by atoms with E-state index in [1.165, 1.54) is 32.4 Å². The van der Waals surface area contributed by atoms with Crippen LogP contribution in [-0.4, -0.2) is 47.9 Å². The smallest absolute Gasteiger partial charge is 0.225 e. The van der Waals surface area contributed by atoms with Crippen LogP contribution in [0.1, 0.15) is 46.0 Å². The topological polar surface area (TPSA) is 23.6 Å². The molecule has 108 valence electrons. The Kier molecular flexibility index (Phi) is 3.84. The van der Waals surface area contributed by atoms with E-state index in [4.69, 9.17) is 0 Å². The Hall–Kier alpha value is -0.570. The molecule has 1 saturated carbocycles. The van der Waals surface area contributed by atoms with Crippen LogP contribution in [0.15, 0.2) is 0 Å².